The van der Waals surface area contributed by atoms with E-state index in [2.05, 4.69) is 12.2 Å². The molecule has 5 heteroatoms. The average molecular weight is 273 g/mol. The molecule has 0 unspecified atom stereocenters. The summed E-state index contributed by atoms with van der Waals surface area (Å²) in [6, 6.07) is 0. The summed E-state index contributed by atoms with van der Waals surface area (Å²) in [5, 5.41) is 2.52. The molecule has 0 aliphatic carbocycles. The second-order valence-corrected chi connectivity index (χ2v) is 5.64. The summed E-state index contributed by atoms with van der Waals surface area (Å²) in [5.74, 6) is -0.591. The van der Waals surface area contributed by atoms with Gasteiger partial charge in [0.15, 0.2) is 0 Å². The van der Waals surface area contributed by atoms with Gasteiger partial charge in [0, 0.05) is 6.54 Å². The van der Waals surface area contributed by atoms with Gasteiger partial charge in [-0.2, -0.15) is 0 Å². The average Bonchev–Trinajstić information content (AvgIpc) is 2.13. The lowest BCUT2D eigenvalue weighted by Crippen LogP contribution is -2.34. The highest BCUT2D eigenvalue weighted by molar-refractivity contribution is 6.76. The van der Waals surface area contributed by atoms with Gasteiger partial charge < -0.3 is 5.32 Å². The number of hydrogen-bond acceptors (Lipinski definition) is 1. The van der Waals surface area contributed by atoms with Crippen molar-refractivity contribution < 1.29 is 4.79 Å². The first-order valence-corrected chi connectivity index (χ1v) is 6.02. The van der Waals surface area contributed by atoms with E-state index in [9.17, 15) is 4.79 Å². The summed E-state index contributed by atoms with van der Waals surface area (Å²) in [4.78, 5) is 11.1. The number of carbonyl (C=O) groups excluding carboxylic acids is 1. The van der Waals surface area contributed by atoms with E-state index in [4.69, 9.17) is 34.8 Å². The molecule has 0 atom stereocenters. The van der Waals surface area contributed by atoms with E-state index in [-0.39, 0.29) is 0 Å². The third-order valence-electron chi connectivity index (χ3n) is 1.90. The fraction of sp³-hybridized carbons (Fsp3) is 0.700. The molecule has 2 nitrogen and oxygen atoms in total. The SMILES string of the molecule is CCCC/C(C)=C\CNC(=O)C(Cl)(Cl)Cl. The van der Waals surface area contributed by atoms with Crippen LogP contribution in [0.4, 0.5) is 0 Å². The second kappa shape index (κ2) is 7.37. The van der Waals surface area contributed by atoms with E-state index in [1.165, 1.54) is 5.57 Å². The lowest BCUT2D eigenvalue weighted by Gasteiger charge is -2.09. The van der Waals surface area contributed by atoms with E-state index in [0.29, 0.717) is 6.54 Å². The van der Waals surface area contributed by atoms with Crippen molar-refractivity contribution in [2.24, 2.45) is 0 Å². The Balaban J connectivity index is 3.82. The molecule has 0 spiro atoms. The molecule has 0 rings (SSSR count). The normalized spacial score (nSPS) is 12.7. The number of hydrogen-bond donors (Lipinski definition) is 1. The van der Waals surface area contributed by atoms with Gasteiger partial charge in [0.2, 0.25) is 0 Å². The van der Waals surface area contributed by atoms with Crippen LogP contribution in [0.2, 0.25) is 0 Å². The lowest BCUT2D eigenvalue weighted by molar-refractivity contribution is -0.120. The van der Waals surface area contributed by atoms with E-state index in [0.717, 1.165) is 19.3 Å². The molecule has 0 radical (unpaired) electrons. The third kappa shape index (κ3) is 7.95. The van der Waals surface area contributed by atoms with Crippen molar-refractivity contribution in [1.82, 2.24) is 5.32 Å². The molecule has 0 aromatic carbocycles. The Kier molecular flexibility index (Phi) is 7.41. The Bertz CT molecular complexity index is 233. The van der Waals surface area contributed by atoms with E-state index < -0.39 is 9.70 Å². The predicted octanol–water partition coefficient (Wildman–Crippen LogP) is 3.61. The Morgan fingerprint density at radius 1 is 1.40 bits per heavy atom. The molecule has 0 saturated carbocycles. The molecule has 0 aromatic rings. The predicted molar refractivity (Wildman–Crippen MR) is 66.6 cm³/mol. The van der Waals surface area contributed by atoms with Crippen LogP contribution in [0.15, 0.2) is 11.6 Å². The second-order valence-electron chi connectivity index (χ2n) is 3.36. The van der Waals surface area contributed by atoms with Crippen LogP contribution < -0.4 is 5.32 Å². The van der Waals surface area contributed by atoms with Gasteiger partial charge in [-0.05, 0) is 19.8 Å². The fourth-order valence-electron chi connectivity index (χ4n) is 0.976. The monoisotopic (exact) mass is 271 g/mol. The van der Waals surface area contributed by atoms with Gasteiger partial charge in [0.25, 0.3) is 9.70 Å². The highest BCUT2D eigenvalue weighted by Gasteiger charge is 2.29. The number of carbonyl (C=O) groups is 1. The number of halogens is 3. The molecule has 1 N–H and O–H groups in total. The standard InChI is InChI=1S/C10H16Cl3NO/c1-3-4-5-8(2)6-7-14-9(15)10(11,12)13/h6H,3-5,7H2,1-2H3,(H,14,15)/b8-6-. The van der Waals surface area contributed by atoms with E-state index in [1.807, 2.05) is 13.0 Å². The Hall–Kier alpha value is 0.0800. The fourth-order valence-corrected chi connectivity index (χ4v) is 1.18. The van der Waals surface area contributed by atoms with Gasteiger partial charge in [0.05, 0.1) is 0 Å². The summed E-state index contributed by atoms with van der Waals surface area (Å²) < 4.78 is -1.87. The molecule has 0 fully saturated rings. The molecule has 0 saturated heterocycles. The van der Waals surface area contributed by atoms with Gasteiger partial charge in [0.1, 0.15) is 0 Å². The first kappa shape index (κ1) is 15.1. The first-order chi connectivity index (χ1) is 6.88. The highest BCUT2D eigenvalue weighted by Crippen LogP contribution is 2.25. The number of allylic oxidation sites excluding steroid dienone is 1. The maximum atomic E-state index is 11.1. The zero-order valence-electron chi connectivity index (χ0n) is 8.95. The summed E-state index contributed by atoms with van der Waals surface area (Å²) >= 11 is 16.1. The largest absolute Gasteiger partial charge is 0.349 e. The van der Waals surface area contributed by atoms with E-state index >= 15 is 0 Å². The smallest absolute Gasteiger partial charge is 0.272 e. The molecule has 0 heterocycles. The first-order valence-electron chi connectivity index (χ1n) is 4.88. The number of unbranched alkanes of at least 4 members (excludes halogenated alkanes) is 1. The molecule has 0 aliphatic heterocycles. The summed E-state index contributed by atoms with van der Waals surface area (Å²) in [7, 11) is 0. The Morgan fingerprint density at radius 3 is 2.47 bits per heavy atom. The lowest BCUT2D eigenvalue weighted by atomic mass is 10.1. The van der Waals surface area contributed by atoms with Crippen LogP contribution in [-0.2, 0) is 4.79 Å². The molecule has 15 heavy (non-hydrogen) atoms. The number of alkyl halides is 3. The molecule has 0 aliphatic rings. The number of rotatable bonds is 5. The van der Waals surface area contributed by atoms with Crippen molar-refractivity contribution in [1.29, 1.82) is 0 Å². The highest BCUT2D eigenvalue weighted by atomic mass is 35.6. The van der Waals surface area contributed by atoms with Crippen LogP contribution >= 0.6 is 34.8 Å². The minimum absolute atomic E-state index is 0.405. The topological polar surface area (TPSA) is 29.1 Å². The van der Waals surface area contributed by atoms with Crippen LogP contribution in [0.1, 0.15) is 33.1 Å². The Labute approximate surface area is 106 Å². The molecule has 0 aromatic heterocycles. The van der Waals surface area contributed by atoms with E-state index in [1.54, 1.807) is 0 Å². The van der Waals surface area contributed by atoms with Crippen LogP contribution in [0.3, 0.4) is 0 Å². The number of nitrogens with one attached hydrogen (secondary N) is 1. The molecular formula is C10H16Cl3NO. The van der Waals surface area contributed by atoms with Crippen LogP contribution in [-0.4, -0.2) is 16.2 Å². The van der Waals surface area contributed by atoms with Gasteiger partial charge in [-0.25, -0.2) is 0 Å². The third-order valence-corrected chi connectivity index (χ3v) is 2.41. The summed E-state index contributed by atoms with van der Waals surface area (Å²) in [6.45, 7) is 4.57. The van der Waals surface area contributed by atoms with Crippen molar-refractivity contribution in [3.63, 3.8) is 0 Å². The zero-order chi connectivity index (χ0) is 11.9. The van der Waals surface area contributed by atoms with Crippen molar-refractivity contribution in [3.8, 4) is 0 Å². The summed E-state index contributed by atoms with van der Waals surface area (Å²) in [6.07, 6.45) is 5.29. The van der Waals surface area contributed by atoms with Crippen molar-refractivity contribution in [2.45, 2.75) is 36.9 Å². The molecule has 1 amide bonds. The quantitative estimate of drug-likeness (QED) is 0.601. The van der Waals surface area contributed by atoms with Gasteiger partial charge in [-0.15, -0.1) is 0 Å². The van der Waals surface area contributed by atoms with Crippen molar-refractivity contribution >= 4 is 40.7 Å². The molecular weight excluding hydrogens is 256 g/mol. The van der Waals surface area contributed by atoms with Crippen molar-refractivity contribution in [2.75, 3.05) is 6.54 Å². The Morgan fingerprint density at radius 2 is 2.00 bits per heavy atom. The van der Waals surface area contributed by atoms with Gasteiger partial charge in [-0.3, -0.25) is 4.79 Å². The molecule has 0 bridgehead atoms. The molecule has 88 valence electrons. The maximum absolute atomic E-state index is 11.1. The minimum Gasteiger partial charge on any atom is -0.349 e. The van der Waals surface area contributed by atoms with Gasteiger partial charge in [-0.1, -0.05) is 59.8 Å². The zero-order valence-corrected chi connectivity index (χ0v) is 11.2. The minimum atomic E-state index is -1.87. The van der Waals surface area contributed by atoms with Gasteiger partial charge >= 0.3 is 0 Å². The maximum Gasteiger partial charge on any atom is 0.272 e. The summed E-state index contributed by atoms with van der Waals surface area (Å²) in [5.41, 5.74) is 1.24. The van der Waals surface area contributed by atoms with Crippen LogP contribution in [0, 0.1) is 0 Å². The van der Waals surface area contributed by atoms with Crippen molar-refractivity contribution in [3.05, 3.63) is 11.6 Å². The van der Waals surface area contributed by atoms with Crippen LogP contribution in [0.25, 0.3) is 0 Å². The number of amides is 1. The van der Waals surface area contributed by atoms with Crippen LogP contribution in [0.5, 0.6) is 0 Å².